The van der Waals surface area contributed by atoms with E-state index >= 15 is 0 Å². The summed E-state index contributed by atoms with van der Waals surface area (Å²) in [5.74, 6) is 3.72. The van der Waals surface area contributed by atoms with Crippen molar-refractivity contribution in [2.75, 3.05) is 0 Å². The summed E-state index contributed by atoms with van der Waals surface area (Å²) in [6.07, 6.45) is -0.296. The highest BCUT2D eigenvalue weighted by atomic mass is 28.4. The molecule has 0 spiro atoms. The molecule has 0 N–H and O–H groups in total. The Bertz CT molecular complexity index is 2430. The molecule has 64 heavy (non-hydrogen) atoms. The minimum Gasteiger partial charge on any atom is -0.489 e. The van der Waals surface area contributed by atoms with Crippen molar-refractivity contribution in [2.24, 2.45) is 0 Å². The lowest BCUT2D eigenvalue weighted by atomic mass is 9.93. The third-order valence-corrected chi connectivity index (χ3v) is 16.7. The summed E-state index contributed by atoms with van der Waals surface area (Å²) in [6, 6.07) is 62.0. The number of rotatable bonds is 21. The number of hydrogen-bond acceptors (Lipinski definition) is 7. The second-order valence-electron chi connectivity index (χ2n) is 16.3. The predicted molar refractivity (Wildman–Crippen MR) is 256 cm³/mol. The second-order valence-corrected chi connectivity index (χ2v) is 21.0. The Morgan fingerprint density at radius 3 is 1.27 bits per heavy atom. The molecule has 7 aromatic carbocycles. The minimum absolute atomic E-state index is 0.331. The smallest absolute Gasteiger partial charge is 0.203 e. The quantitative estimate of drug-likeness (QED) is 0.0667. The average molecular weight is 871 g/mol. The largest absolute Gasteiger partial charge is 0.489 e. The zero-order valence-electron chi connectivity index (χ0n) is 37.1. The van der Waals surface area contributed by atoms with Crippen LogP contribution >= 0.6 is 0 Å². The Hall–Kier alpha value is -6.48. The third-order valence-electron chi connectivity index (χ3n) is 12.0. The molecule has 0 fully saturated rings. The Morgan fingerprint density at radius 2 is 0.844 bits per heavy atom. The number of fused-ring (bicyclic) bond motifs is 1. The van der Waals surface area contributed by atoms with Gasteiger partial charge in [-0.1, -0.05) is 172 Å². The van der Waals surface area contributed by atoms with Gasteiger partial charge in [0.25, 0.3) is 0 Å². The molecule has 0 unspecified atom stereocenters. The van der Waals surface area contributed by atoms with Crippen molar-refractivity contribution in [3.05, 3.63) is 215 Å². The van der Waals surface area contributed by atoms with E-state index in [1.165, 1.54) is 0 Å². The van der Waals surface area contributed by atoms with Crippen molar-refractivity contribution in [2.45, 2.75) is 90.6 Å². The highest BCUT2D eigenvalue weighted by molar-refractivity contribution is 6.73. The zero-order valence-corrected chi connectivity index (χ0v) is 38.1. The van der Waals surface area contributed by atoms with Crippen molar-refractivity contribution in [3.63, 3.8) is 0 Å². The van der Waals surface area contributed by atoms with Crippen LogP contribution in [0.2, 0.25) is 18.1 Å². The lowest BCUT2D eigenvalue weighted by molar-refractivity contribution is 0.0284. The molecule has 0 bridgehead atoms. The lowest BCUT2D eigenvalue weighted by Gasteiger charge is -2.41. The lowest BCUT2D eigenvalue weighted by Crippen LogP contribution is -2.45. The Labute approximate surface area is 379 Å². The fraction of sp³-hybridized carbons (Fsp3) is 0.250. The van der Waals surface area contributed by atoms with E-state index in [1.807, 2.05) is 103 Å². The number of ether oxygens (including phenoxy) is 6. The van der Waals surface area contributed by atoms with E-state index in [0.29, 0.717) is 68.2 Å². The number of hydrogen-bond donors (Lipinski definition) is 0. The standard InChI is InChI=1S/C56H58O7Si/c1-4-64(5-2,6-3)63-54-36-49-50(58-38-43-24-14-8-15-25-43)34-48(57-37-42-22-12-7-13-23-42)35-51(49)62-55(54)47-32-52(59-39-44-26-16-9-17-27-44)56(61-41-46-30-20-11-21-31-46)53(33-47)60-40-45-28-18-10-19-29-45/h7-35,54-55H,4-6,36-41H2,1-3H3/t54-,55-/m1/s1. The molecule has 328 valence electrons. The molecule has 2 atom stereocenters. The van der Waals surface area contributed by atoms with Crippen LogP contribution in [0.1, 0.15) is 65.8 Å². The van der Waals surface area contributed by atoms with Crippen LogP contribution in [0.5, 0.6) is 34.5 Å². The molecule has 0 saturated carbocycles. The van der Waals surface area contributed by atoms with Crippen LogP contribution < -0.4 is 28.4 Å². The summed E-state index contributed by atoms with van der Waals surface area (Å²) in [5, 5.41) is 0. The van der Waals surface area contributed by atoms with Crippen LogP contribution in [0.25, 0.3) is 0 Å². The fourth-order valence-corrected chi connectivity index (χ4v) is 11.0. The first-order valence-electron chi connectivity index (χ1n) is 22.5. The molecule has 0 aliphatic carbocycles. The van der Waals surface area contributed by atoms with Gasteiger partial charge >= 0.3 is 0 Å². The molecule has 7 nitrogen and oxygen atoms in total. The normalized spacial score (nSPS) is 14.5. The van der Waals surface area contributed by atoms with Gasteiger partial charge in [-0.3, -0.25) is 0 Å². The summed E-state index contributed by atoms with van der Waals surface area (Å²) in [6.45, 7) is 8.59. The molecule has 0 amide bonds. The topological polar surface area (TPSA) is 64.6 Å². The summed E-state index contributed by atoms with van der Waals surface area (Å²) in [7, 11) is -2.19. The minimum atomic E-state index is -2.19. The molecular formula is C56H58O7Si. The Morgan fingerprint density at radius 1 is 0.453 bits per heavy atom. The molecule has 1 aliphatic rings. The van der Waals surface area contributed by atoms with Crippen LogP contribution in [0, 0.1) is 0 Å². The van der Waals surface area contributed by atoms with Crippen LogP contribution in [0.15, 0.2) is 176 Å². The molecule has 0 saturated heterocycles. The highest BCUT2D eigenvalue weighted by Gasteiger charge is 2.41. The molecule has 0 radical (unpaired) electrons. The van der Waals surface area contributed by atoms with Gasteiger partial charge < -0.3 is 32.8 Å². The van der Waals surface area contributed by atoms with Crippen molar-refractivity contribution >= 4 is 8.32 Å². The van der Waals surface area contributed by atoms with Crippen molar-refractivity contribution < 1.29 is 32.8 Å². The van der Waals surface area contributed by atoms with Crippen LogP contribution in [-0.4, -0.2) is 14.4 Å². The maximum absolute atomic E-state index is 7.49. The Kier molecular flexibility index (Phi) is 15.0. The molecule has 1 aliphatic heterocycles. The maximum atomic E-state index is 7.49. The first-order valence-corrected chi connectivity index (χ1v) is 25.1. The first kappa shape index (κ1) is 44.1. The second kappa shape index (κ2) is 21.7. The monoisotopic (exact) mass is 870 g/mol. The maximum Gasteiger partial charge on any atom is 0.203 e. The highest BCUT2D eigenvalue weighted by Crippen LogP contribution is 2.49. The molecule has 1 heterocycles. The van der Waals surface area contributed by atoms with Crippen LogP contribution in [0.3, 0.4) is 0 Å². The van der Waals surface area contributed by atoms with E-state index < -0.39 is 14.4 Å². The summed E-state index contributed by atoms with van der Waals surface area (Å²) in [5.41, 5.74) is 7.07. The van der Waals surface area contributed by atoms with Gasteiger partial charge in [0.2, 0.25) is 5.75 Å². The van der Waals surface area contributed by atoms with Gasteiger partial charge in [-0.15, -0.1) is 0 Å². The molecule has 8 rings (SSSR count). The SMILES string of the molecule is CC[Si](CC)(CC)O[C@@H]1Cc2c(OCc3ccccc3)cc(OCc3ccccc3)cc2O[C@@H]1c1cc(OCc2ccccc2)c(OCc2ccccc2)c(OCc2ccccc2)c1. The number of benzene rings is 7. The van der Waals surface area contributed by atoms with Gasteiger partial charge in [0.1, 0.15) is 56.4 Å². The van der Waals surface area contributed by atoms with Gasteiger partial charge in [-0.25, -0.2) is 0 Å². The summed E-state index contributed by atoms with van der Waals surface area (Å²) in [4.78, 5) is 0. The molecular weight excluding hydrogens is 813 g/mol. The predicted octanol–water partition coefficient (Wildman–Crippen LogP) is 13.6. The zero-order chi connectivity index (χ0) is 44.0. The molecule has 8 heteroatoms. The van der Waals surface area contributed by atoms with Gasteiger partial charge in [-0.2, -0.15) is 0 Å². The third kappa shape index (κ3) is 11.4. The van der Waals surface area contributed by atoms with E-state index in [9.17, 15) is 0 Å². The fourth-order valence-electron chi connectivity index (χ4n) is 8.14. The van der Waals surface area contributed by atoms with Crippen LogP contribution in [-0.2, 0) is 43.9 Å². The van der Waals surface area contributed by atoms with E-state index in [2.05, 4.69) is 93.6 Å². The first-order chi connectivity index (χ1) is 31.5. The van der Waals surface area contributed by atoms with Crippen molar-refractivity contribution in [1.82, 2.24) is 0 Å². The summed E-state index contributed by atoms with van der Waals surface area (Å²) >= 11 is 0. The van der Waals surface area contributed by atoms with Crippen molar-refractivity contribution in [1.29, 1.82) is 0 Å². The average Bonchev–Trinajstić information content (AvgIpc) is 3.36. The van der Waals surface area contributed by atoms with E-state index in [1.54, 1.807) is 0 Å². The van der Waals surface area contributed by atoms with Crippen molar-refractivity contribution in [3.8, 4) is 34.5 Å². The van der Waals surface area contributed by atoms with E-state index in [0.717, 1.165) is 62.8 Å². The van der Waals surface area contributed by atoms with Gasteiger partial charge in [0.15, 0.2) is 19.8 Å². The van der Waals surface area contributed by atoms with Gasteiger partial charge in [0, 0.05) is 29.7 Å². The van der Waals surface area contributed by atoms with E-state index in [4.69, 9.17) is 32.8 Å². The van der Waals surface area contributed by atoms with Gasteiger partial charge in [0.05, 0.1) is 6.10 Å². The Balaban J connectivity index is 1.23. The van der Waals surface area contributed by atoms with Crippen LogP contribution in [0.4, 0.5) is 0 Å². The van der Waals surface area contributed by atoms with E-state index in [-0.39, 0.29) is 6.10 Å². The molecule has 0 aromatic heterocycles. The summed E-state index contributed by atoms with van der Waals surface area (Å²) < 4.78 is 48.2. The van der Waals surface area contributed by atoms with Gasteiger partial charge in [-0.05, 0) is 58.1 Å². The molecule has 7 aromatic rings.